The van der Waals surface area contributed by atoms with Crippen molar-refractivity contribution in [2.45, 2.75) is 109 Å². The van der Waals surface area contributed by atoms with Crippen LogP contribution in [0.4, 0.5) is 22.7 Å². The number of carbonyl (C=O) groups is 2. The van der Waals surface area contributed by atoms with E-state index in [9.17, 15) is 46.7 Å². The molecule has 4 aromatic heterocycles. The highest BCUT2D eigenvalue weighted by Gasteiger charge is 2.38. The fraction of sp³-hybridized carbons (Fsp3) is 0.398. The summed E-state index contributed by atoms with van der Waals surface area (Å²) in [7, 11) is -7.11. The number of fused-ring (bicyclic) bond motifs is 4. The average molecular weight is 1780 g/mol. The molecule has 3 fully saturated rings. The number of allylic oxidation sites excluding steroid dienone is 2. The van der Waals surface area contributed by atoms with Crippen molar-refractivity contribution in [1.29, 1.82) is 0 Å². The van der Waals surface area contributed by atoms with Crippen molar-refractivity contribution in [3.05, 3.63) is 233 Å². The number of nitro benzene ring substituents is 2. The number of carbonyl (C=O) groups excluding carboxylic acids is 2. The molecule has 10 aromatic rings. The van der Waals surface area contributed by atoms with E-state index in [1.54, 1.807) is 60.9 Å². The molecule has 2 atom stereocenters. The Morgan fingerprint density at radius 1 is 0.544 bits per heavy atom. The lowest BCUT2D eigenvalue weighted by atomic mass is 9.72. The summed E-state index contributed by atoms with van der Waals surface area (Å²) >= 11 is 12.5. The molecule has 125 heavy (non-hydrogen) atoms. The molecule has 9 heterocycles. The van der Waals surface area contributed by atoms with Crippen LogP contribution in [-0.4, -0.2) is 196 Å². The van der Waals surface area contributed by atoms with Gasteiger partial charge in [-0.15, -0.1) is 0 Å². The Labute approximate surface area is 737 Å². The summed E-state index contributed by atoms with van der Waals surface area (Å²) in [6, 6.07) is 38.3. The summed E-state index contributed by atoms with van der Waals surface area (Å²) in [6.07, 6.45) is 15.3. The van der Waals surface area contributed by atoms with Gasteiger partial charge in [-0.3, -0.25) is 39.6 Å². The number of halogens is 2. The number of rotatable bonds is 24. The van der Waals surface area contributed by atoms with Crippen molar-refractivity contribution in [2.75, 3.05) is 128 Å². The van der Waals surface area contributed by atoms with Gasteiger partial charge in [-0.05, 0) is 196 Å². The Morgan fingerprint density at radius 3 is 1.38 bits per heavy atom. The number of hydrogen-bond donors (Lipinski definition) is 4. The summed E-state index contributed by atoms with van der Waals surface area (Å²) in [4.78, 5) is 79.5. The van der Waals surface area contributed by atoms with E-state index >= 15 is 0 Å². The fourth-order valence-corrected chi connectivity index (χ4v) is 20.2. The van der Waals surface area contributed by atoms with Gasteiger partial charge in [-0.1, -0.05) is 93.2 Å². The monoisotopic (exact) mass is 1770 g/mol. The van der Waals surface area contributed by atoms with Crippen LogP contribution >= 0.6 is 23.2 Å². The number of hydrogen-bond acceptors (Lipinski definition) is 22. The number of amides is 2. The molecule has 2 amide bonds. The molecule has 7 aliphatic rings. The molecule has 656 valence electrons. The van der Waals surface area contributed by atoms with E-state index in [0.29, 0.717) is 60.0 Å². The minimum atomic E-state index is -4.62. The Morgan fingerprint density at radius 2 is 0.960 bits per heavy atom. The largest absolute Gasteiger partial charge is 0.493 e. The summed E-state index contributed by atoms with van der Waals surface area (Å²) in [5, 5.41) is 27.5. The molecule has 0 radical (unpaired) electrons. The first-order chi connectivity index (χ1) is 59.9. The van der Waals surface area contributed by atoms with Crippen LogP contribution in [0.3, 0.4) is 0 Å². The van der Waals surface area contributed by atoms with Crippen LogP contribution in [0.25, 0.3) is 33.2 Å². The molecule has 17 rings (SSSR count). The number of ether oxygens (including phenoxy) is 4. The van der Waals surface area contributed by atoms with E-state index in [1.807, 2.05) is 43.3 Å². The number of H-pyrrole nitrogens is 2. The number of anilines is 2. The van der Waals surface area contributed by atoms with Crippen LogP contribution in [0, 0.1) is 42.9 Å². The van der Waals surface area contributed by atoms with Gasteiger partial charge in [0.15, 0.2) is 0 Å². The molecule has 6 aromatic carbocycles. The average Bonchev–Trinajstić information content (AvgIpc) is 1.26. The molecule has 0 unspecified atom stereocenters. The number of aromatic nitrogens is 4. The van der Waals surface area contributed by atoms with Crippen LogP contribution < -0.4 is 38.2 Å². The summed E-state index contributed by atoms with van der Waals surface area (Å²) < 4.78 is 84.2. The summed E-state index contributed by atoms with van der Waals surface area (Å²) in [5.74, 6) is -0.584. The minimum absolute atomic E-state index is 0.0380. The second-order valence-electron chi connectivity index (χ2n) is 35.5. The van der Waals surface area contributed by atoms with Crippen LogP contribution in [0.2, 0.25) is 10.0 Å². The van der Waals surface area contributed by atoms with Crippen LogP contribution in [0.15, 0.2) is 179 Å². The molecule has 28 nitrogen and oxygen atoms in total. The zero-order valence-electron chi connectivity index (χ0n) is 71.0. The Balaban J connectivity index is 0.000000186. The van der Waals surface area contributed by atoms with Crippen molar-refractivity contribution in [2.24, 2.45) is 22.7 Å². The van der Waals surface area contributed by atoms with Gasteiger partial charge < -0.3 is 48.5 Å². The number of nitrogens with one attached hydrogen (secondary N) is 4. The summed E-state index contributed by atoms with van der Waals surface area (Å²) in [5.41, 5.74) is 11.5. The maximum absolute atomic E-state index is 14.1. The summed E-state index contributed by atoms with van der Waals surface area (Å²) in [6.45, 7) is 24.6. The Kier molecular flexibility index (Phi) is 25.8. The van der Waals surface area contributed by atoms with Gasteiger partial charge in [-0.2, -0.15) is 0 Å². The SMILES string of the molecule is CC[C@@H]1COc2cc(S(=O)(=O)NC(=O)c3ccc(N4CCN(CC5=C(c6ccc(Cl)cc6)CC(C)(C)CC5)CC4)cc3Oc3cnc4[nH]ccc4c3)cc([N+](=O)[O-])c2C1.CN1CCN(CC[C@H]2COc3cc(S(=O)(=O)NC(=O)c4ccc(N5CCN(CC6=C(c7ccc(Cl)cc7)CC(C)(C)CC6)CC5)cc4Oc4cnc5[nH]ccc5c4)cc([N+](=O)[O-])c3C2)CC1. The highest BCUT2D eigenvalue weighted by atomic mass is 35.5. The minimum Gasteiger partial charge on any atom is -0.493 e. The maximum atomic E-state index is 14.1. The zero-order chi connectivity index (χ0) is 87.6. The Bertz CT molecular complexity index is 6060. The number of nitro groups is 2. The van der Waals surface area contributed by atoms with Crippen molar-refractivity contribution >= 4 is 111 Å². The molecule has 0 spiro atoms. The first kappa shape index (κ1) is 87.5. The first-order valence-electron chi connectivity index (χ1n) is 42.7. The van der Waals surface area contributed by atoms with Gasteiger partial charge in [-0.25, -0.2) is 36.2 Å². The van der Waals surface area contributed by atoms with E-state index in [0.717, 1.165) is 194 Å². The lowest BCUT2D eigenvalue weighted by Gasteiger charge is -2.39. The first-order valence-corrected chi connectivity index (χ1v) is 46.5. The Hall–Kier alpha value is -11.0. The van der Waals surface area contributed by atoms with Gasteiger partial charge in [0.2, 0.25) is 0 Å². The number of benzene rings is 6. The van der Waals surface area contributed by atoms with E-state index in [1.165, 1.54) is 57.9 Å². The van der Waals surface area contributed by atoms with Crippen molar-refractivity contribution in [3.63, 3.8) is 0 Å². The zero-order valence-corrected chi connectivity index (χ0v) is 74.2. The van der Waals surface area contributed by atoms with Crippen molar-refractivity contribution in [1.82, 2.24) is 49.0 Å². The highest BCUT2D eigenvalue weighted by molar-refractivity contribution is 7.90. The molecule has 0 bridgehead atoms. The maximum Gasteiger partial charge on any atom is 0.277 e. The van der Waals surface area contributed by atoms with Gasteiger partial charge in [0.25, 0.3) is 43.2 Å². The molecule has 3 saturated heterocycles. The number of pyridine rings is 2. The van der Waals surface area contributed by atoms with Crippen LogP contribution in [-0.2, 0) is 32.9 Å². The normalized spacial score (nSPS) is 19.0. The lowest BCUT2D eigenvalue weighted by Crippen LogP contribution is -2.47. The van der Waals surface area contributed by atoms with Gasteiger partial charge in [0.1, 0.15) is 45.8 Å². The van der Waals surface area contributed by atoms with E-state index in [4.69, 9.17) is 42.1 Å². The number of aromatic amines is 2. The van der Waals surface area contributed by atoms with Gasteiger partial charge in [0, 0.05) is 173 Å². The fourth-order valence-electron chi connectivity index (χ4n) is 17.9. The smallest absolute Gasteiger partial charge is 0.277 e. The molecular formula is C93H104Cl2N14O14S2. The van der Waals surface area contributed by atoms with E-state index in [-0.39, 0.29) is 68.2 Å². The third-order valence-corrected chi connectivity index (χ3v) is 28.6. The molecule has 5 aliphatic heterocycles. The van der Waals surface area contributed by atoms with E-state index < -0.39 is 51.5 Å². The molecular weight excluding hydrogens is 1670 g/mol. The van der Waals surface area contributed by atoms with Crippen molar-refractivity contribution < 1.29 is 55.2 Å². The highest BCUT2D eigenvalue weighted by Crippen LogP contribution is 2.47. The number of likely N-dealkylation sites (N-methyl/N-ethyl adjacent to an activating group) is 1. The predicted molar refractivity (Wildman–Crippen MR) is 484 cm³/mol. The van der Waals surface area contributed by atoms with Gasteiger partial charge in [0.05, 0.1) is 67.5 Å². The molecule has 2 aliphatic carbocycles. The predicted octanol–water partition coefficient (Wildman–Crippen LogP) is 16.8. The van der Waals surface area contributed by atoms with Gasteiger partial charge >= 0.3 is 0 Å². The third kappa shape index (κ3) is 20.6. The molecule has 0 saturated carbocycles. The standard InChI is InChI=1S/C49H57ClN8O7S.C44H47ClN6O7S/c1-49(2)13-10-36(43(29-49)34-4-6-37(50)7-5-34)31-56-20-22-57(23-21-56)38-8-9-41(46(26-38)65-39-25-35-11-14-51-47(35)52-30-39)48(59)53-66(62,63)40-27-44(58(60)61)42-24-33(32-64-45(42)28-40)12-15-55-18-16-54(3)17-19-55;1-4-28-19-37-39(51(53)54)22-35(23-40(37)57-27-28)59(55,56)48-43(52)36-10-9-33(21-41(36)58-34-20-30-12-14-46-42(30)47-25-34)50-17-15-49(16-18-50)26-31-11-13-44(2,3)24-38(31)29-5-7-32(45)8-6-29/h4-9,11,14,25-28,30,33H,10,12-13,15-24,29,31-32H2,1-3H3,(H,51,52)(H,53,59);5-10,12,14,20-23,25,28H,4,11,13,15-19,24,26-27H2,1-3H3,(H,46,47)(H,48,52)/t33-;28-/m10/s1. The molecule has 32 heteroatoms. The van der Waals surface area contributed by atoms with E-state index in [2.05, 4.69) is 118 Å². The second-order valence-corrected chi connectivity index (χ2v) is 39.7. The number of piperazine rings is 3. The number of nitrogens with zero attached hydrogens (tertiary/aromatic N) is 10. The quantitative estimate of drug-likeness (QED) is 0.0322. The van der Waals surface area contributed by atoms with Crippen molar-refractivity contribution in [3.8, 4) is 34.5 Å². The lowest BCUT2D eigenvalue weighted by molar-refractivity contribution is -0.386. The molecule has 4 N–H and O–H groups in total. The van der Waals surface area contributed by atoms with Crippen LogP contribution in [0.5, 0.6) is 34.5 Å². The number of sulfonamides is 2. The second kappa shape index (κ2) is 36.9. The third-order valence-electron chi connectivity index (χ3n) is 25.4. The topological polar surface area (TPSA) is 326 Å². The van der Waals surface area contributed by atoms with Crippen LogP contribution in [0.1, 0.15) is 129 Å².